The van der Waals surface area contributed by atoms with Crippen LogP contribution in [0.25, 0.3) is 0 Å². The second-order valence-corrected chi connectivity index (χ2v) is 4.02. The lowest BCUT2D eigenvalue weighted by molar-refractivity contribution is -0.146. The number of amides is 2. The summed E-state index contributed by atoms with van der Waals surface area (Å²) >= 11 is 0. The van der Waals surface area contributed by atoms with Crippen LogP contribution in [0.5, 0.6) is 0 Å². The fraction of sp³-hybridized carbons (Fsp3) is 0.545. The molecule has 2 heterocycles. The van der Waals surface area contributed by atoms with Gasteiger partial charge < -0.3 is 5.11 Å². The largest absolute Gasteiger partial charge is 0.511 e. The Morgan fingerprint density at radius 1 is 1.44 bits per heavy atom. The van der Waals surface area contributed by atoms with Gasteiger partial charge in [0.1, 0.15) is 17.4 Å². The molecule has 0 aromatic carbocycles. The summed E-state index contributed by atoms with van der Waals surface area (Å²) in [5.41, 5.74) is -0.192. The Kier molecular flexibility index (Phi) is 2.53. The molecule has 1 N–H and O–H groups in total. The molecule has 2 fully saturated rings. The average molecular weight is 223 g/mol. The molecular weight excluding hydrogens is 210 g/mol. The summed E-state index contributed by atoms with van der Waals surface area (Å²) < 4.78 is 0. The summed E-state index contributed by atoms with van der Waals surface area (Å²) in [6.07, 6.45) is 1.66. The quantitative estimate of drug-likeness (QED) is 0.307. The molecule has 2 saturated heterocycles. The number of carbonyl (C=O) groups excluding carboxylic acids is 3. The van der Waals surface area contributed by atoms with Crippen molar-refractivity contribution in [2.24, 2.45) is 0 Å². The second-order valence-electron chi connectivity index (χ2n) is 4.02. The third kappa shape index (κ3) is 1.35. The lowest BCUT2D eigenvalue weighted by Gasteiger charge is -2.25. The standard InChI is InChI=1S/C11H13NO4/c1-2-7(13)9-10(15)6-4-3-5-8(14)12(6)11(9)16/h6,13H,2-5H2,1H3/b9-7-/t6-/m0/s1. The van der Waals surface area contributed by atoms with Crippen molar-refractivity contribution in [2.75, 3.05) is 0 Å². The summed E-state index contributed by atoms with van der Waals surface area (Å²) in [7, 11) is 0. The van der Waals surface area contributed by atoms with Gasteiger partial charge in [-0.25, -0.2) is 0 Å². The first-order valence-corrected chi connectivity index (χ1v) is 5.40. The fourth-order valence-corrected chi connectivity index (χ4v) is 2.21. The van der Waals surface area contributed by atoms with Gasteiger partial charge in [-0.05, 0) is 12.8 Å². The maximum absolute atomic E-state index is 11.9. The maximum Gasteiger partial charge on any atom is 0.268 e. The van der Waals surface area contributed by atoms with Gasteiger partial charge in [-0.15, -0.1) is 0 Å². The number of aliphatic hydroxyl groups excluding tert-OH is 1. The van der Waals surface area contributed by atoms with E-state index < -0.39 is 17.7 Å². The van der Waals surface area contributed by atoms with Crippen LogP contribution in [0.3, 0.4) is 0 Å². The zero-order chi connectivity index (χ0) is 11.9. The molecule has 0 aromatic rings. The molecule has 1 atom stereocenters. The highest BCUT2D eigenvalue weighted by Gasteiger charge is 2.49. The number of fused-ring (bicyclic) bond motifs is 1. The monoisotopic (exact) mass is 223 g/mol. The van der Waals surface area contributed by atoms with Crippen molar-refractivity contribution >= 4 is 17.6 Å². The van der Waals surface area contributed by atoms with E-state index in [0.717, 1.165) is 4.90 Å². The van der Waals surface area contributed by atoms with Gasteiger partial charge in [-0.3, -0.25) is 19.3 Å². The predicted molar refractivity (Wildman–Crippen MR) is 54.4 cm³/mol. The summed E-state index contributed by atoms with van der Waals surface area (Å²) in [6, 6.07) is -0.669. The van der Waals surface area contributed by atoms with Crippen molar-refractivity contribution in [3.05, 3.63) is 11.3 Å². The highest BCUT2D eigenvalue weighted by atomic mass is 16.3. The van der Waals surface area contributed by atoms with E-state index in [2.05, 4.69) is 0 Å². The van der Waals surface area contributed by atoms with Crippen molar-refractivity contribution < 1.29 is 19.5 Å². The van der Waals surface area contributed by atoms with E-state index in [9.17, 15) is 19.5 Å². The Bertz CT molecular complexity index is 410. The van der Waals surface area contributed by atoms with Crippen molar-refractivity contribution in [1.82, 2.24) is 4.90 Å². The highest BCUT2D eigenvalue weighted by Crippen LogP contribution is 2.31. The van der Waals surface area contributed by atoms with Gasteiger partial charge in [0.25, 0.3) is 5.91 Å². The Morgan fingerprint density at radius 2 is 2.12 bits per heavy atom. The van der Waals surface area contributed by atoms with Crippen molar-refractivity contribution in [3.8, 4) is 0 Å². The minimum absolute atomic E-state index is 0.192. The van der Waals surface area contributed by atoms with Crippen molar-refractivity contribution in [3.63, 3.8) is 0 Å². The molecule has 86 valence electrons. The number of aliphatic hydroxyl groups is 1. The van der Waals surface area contributed by atoms with Crippen molar-refractivity contribution in [1.29, 1.82) is 0 Å². The van der Waals surface area contributed by atoms with E-state index in [1.807, 2.05) is 0 Å². The zero-order valence-electron chi connectivity index (χ0n) is 9.02. The van der Waals surface area contributed by atoms with Crippen LogP contribution in [-0.2, 0) is 14.4 Å². The number of hydrogen-bond acceptors (Lipinski definition) is 4. The van der Waals surface area contributed by atoms with Gasteiger partial charge in [0.2, 0.25) is 5.91 Å². The summed E-state index contributed by atoms with van der Waals surface area (Å²) in [5, 5.41) is 9.53. The van der Waals surface area contributed by atoms with Crippen LogP contribution in [-0.4, -0.2) is 33.6 Å². The number of hydrogen-bond donors (Lipinski definition) is 1. The first-order chi connectivity index (χ1) is 7.57. The van der Waals surface area contributed by atoms with E-state index in [4.69, 9.17) is 0 Å². The third-order valence-corrected chi connectivity index (χ3v) is 3.05. The number of imide groups is 1. The number of piperidine rings is 1. The summed E-state index contributed by atoms with van der Waals surface area (Å²) in [5.74, 6) is -1.55. The smallest absolute Gasteiger partial charge is 0.268 e. The van der Waals surface area contributed by atoms with Crippen LogP contribution in [0.15, 0.2) is 11.3 Å². The van der Waals surface area contributed by atoms with Crippen LogP contribution in [0, 0.1) is 0 Å². The molecule has 0 unspecified atom stereocenters. The number of ketones is 1. The van der Waals surface area contributed by atoms with Gasteiger partial charge in [0, 0.05) is 12.8 Å². The number of carbonyl (C=O) groups is 3. The molecule has 16 heavy (non-hydrogen) atoms. The molecule has 2 rings (SSSR count). The lowest BCUT2D eigenvalue weighted by atomic mass is 10.00. The third-order valence-electron chi connectivity index (χ3n) is 3.05. The molecule has 5 nitrogen and oxygen atoms in total. The zero-order valence-corrected chi connectivity index (χ0v) is 9.02. The SMILES string of the molecule is CC/C(O)=C1\C(=O)[C@@H]2CCCC(=O)N2C1=O. The average Bonchev–Trinajstić information content (AvgIpc) is 2.52. The number of allylic oxidation sites excluding steroid dienone is 1. The molecular formula is C11H13NO4. The normalized spacial score (nSPS) is 28.4. The molecule has 2 aliphatic rings. The van der Waals surface area contributed by atoms with Crippen LogP contribution in [0.1, 0.15) is 32.6 Å². The lowest BCUT2D eigenvalue weighted by Crippen LogP contribution is -2.43. The fourth-order valence-electron chi connectivity index (χ4n) is 2.21. The van der Waals surface area contributed by atoms with Crippen molar-refractivity contribution in [2.45, 2.75) is 38.6 Å². The topological polar surface area (TPSA) is 74.7 Å². The Hall–Kier alpha value is -1.65. The predicted octanol–water partition coefficient (Wildman–Crippen LogP) is 0.699. The van der Waals surface area contributed by atoms with Crippen LogP contribution in [0.4, 0.5) is 0 Å². The van der Waals surface area contributed by atoms with Crippen LogP contribution < -0.4 is 0 Å². The number of rotatable bonds is 1. The summed E-state index contributed by atoms with van der Waals surface area (Å²) in [6.45, 7) is 1.65. The minimum Gasteiger partial charge on any atom is -0.511 e. The van der Waals surface area contributed by atoms with Crippen LogP contribution >= 0.6 is 0 Å². The Morgan fingerprint density at radius 3 is 2.69 bits per heavy atom. The van der Waals surface area contributed by atoms with E-state index in [0.29, 0.717) is 19.3 Å². The van der Waals surface area contributed by atoms with Gasteiger partial charge >= 0.3 is 0 Å². The highest BCUT2D eigenvalue weighted by molar-refractivity contribution is 6.30. The number of Topliss-reactive ketones (excluding diaryl/α,β-unsaturated/α-hetero) is 1. The molecule has 0 spiro atoms. The molecule has 2 aliphatic heterocycles. The molecule has 0 aromatic heterocycles. The van der Waals surface area contributed by atoms with Gasteiger partial charge in [-0.2, -0.15) is 0 Å². The molecule has 5 heteroatoms. The Balaban J connectivity index is 2.45. The van der Waals surface area contributed by atoms with E-state index in [1.165, 1.54) is 0 Å². The Labute approximate surface area is 92.7 Å². The minimum atomic E-state index is -0.669. The summed E-state index contributed by atoms with van der Waals surface area (Å²) in [4.78, 5) is 36.2. The van der Waals surface area contributed by atoms with E-state index in [-0.39, 0.29) is 23.7 Å². The van der Waals surface area contributed by atoms with Crippen LogP contribution in [0.2, 0.25) is 0 Å². The van der Waals surface area contributed by atoms with E-state index >= 15 is 0 Å². The molecule has 0 aliphatic carbocycles. The first-order valence-electron chi connectivity index (χ1n) is 5.40. The van der Waals surface area contributed by atoms with E-state index in [1.54, 1.807) is 6.92 Å². The second kappa shape index (κ2) is 3.73. The number of nitrogens with zero attached hydrogens (tertiary/aromatic N) is 1. The molecule has 0 saturated carbocycles. The van der Waals surface area contributed by atoms with Gasteiger partial charge in [-0.1, -0.05) is 6.92 Å². The molecule has 2 amide bonds. The molecule has 0 radical (unpaired) electrons. The van der Waals surface area contributed by atoms with Gasteiger partial charge in [0.15, 0.2) is 5.78 Å². The van der Waals surface area contributed by atoms with Gasteiger partial charge in [0.05, 0.1) is 0 Å². The maximum atomic E-state index is 11.9. The molecule has 0 bridgehead atoms. The first kappa shape index (κ1) is 10.9.